The van der Waals surface area contributed by atoms with E-state index in [-0.39, 0.29) is 11.5 Å². The van der Waals surface area contributed by atoms with Crippen LogP contribution in [0, 0.1) is 0 Å². The topological polar surface area (TPSA) is 40.5 Å². The average Bonchev–Trinajstić information content (AvgIpc) is 2.32. The molecule has 0 saturated heterocycles. The Labute approximate surface area is 101 Å². The van der Waals surface area contributed by atoms with Gasteiger partial charge in [-0.25, -0.2) is 0 Å². The number of aromatic hydroxyl groups is 2. The van der Waals surface area contributed by atoms with Crippen LogP contribution in [0.5, 0.6) is 11.5 Å². The molecule has 0 aromatic heterocycles. The van der Waals surface area contributed by atoms with Crippen LogP contribution in [0.2, 0.25) is 0 Å². The molecule has 88 valence electrons. The van der Waals surface area contributed by atoms with Gasteiger partial charge in [0, 0.05) is 5.39 Å². The molecule has 0 aliphatic rings. The molecule has 2 heteroatoms. The minimum absolute atomic E-state index is 0.0402. The van der Waals surface area contributed by atoms with Crippen LogP contribution in [-0.2, 0) is 6.42 Å². The number of hydrogen-bond acceptors (Lipinski definition) is 2. The van der Waals surface area contributed by atoms with Crippen LogP contribution in [-0.4, -0.2) is 10.2 Å². The van der Waals surface area contributed by atoms with Crippen LogP contribution < -0.4 is 0 Å². The Kier molecular flexibility index (Phi) is 3.05. The highest BCUT2D eigenvalue weighted by Gasteiger charge is 2.09. The predicted octanol–water partition coefficient (Wildman–Crippen LogP) is 3.76. The van der Waals surface area contributed by atoms with Crippen LogP contribution in [0.4, 0.5) is 0 Å². The van der Waals surface area contributed by atoms with Gasteiger partial charge in [-0.15, -0.1) is 0 Å². The first kappa shape index (κ1) is 11.5. The maximum Gasteiger partial charge on any atom is 0.165 e. The van der Waals surface area contributed by atoms with Gasteiger partial charge in [-0.05, 0) is 37.3 Å². The van der Waals surface area contributed by atoms with E-state index in [0.717, 1.165) is 17.4 Å². The van der Waals surface area contributed by atoms with E-state index in [4.69, 9.17) is 0 Å². The average molecular weight is 228 g/mol. The number of allylic oxidation sites excluding steroid dienone is 2. The second-order valence-electron chi connectivity index (χ2n) is 4.43. The lowest BCUT2D eigenvalue weighted by molar-refractivity contribution is 0.408. The Hall–Kier alpha value is -1.96. The summed E-state index contributed by atoms with van der Waals surface area (Å²) in [6.07, 6.45) is 2.87. The Balaban J connectivity index is 2.63. The summed E-state index contributed by atoms with van der Waals surface area (Å²) in [7, 11) is 0. The fourth-order valence-corrected chi connectivity index (χ4v) is 1.90. The molecule has 0 amide bonds. The maximum absolute atomic E-state index is 9.79. The van der Waals surface area contributed by atoms with Gasteiger partial charge in [0.2, 0.25) is 0 Å². The summed E-state index contributed by atoms with van der Waals surface area (Å²) >= 11 is 0. The number of hydrogen-bond donors (Lipinski definition) is 2. The van der Waals surface area contributed by atoms with Gasteiger partial charge < -0.3 is 10.2 Å². The molecule has 0 radical (unpaired) electrons. The van der Waals surface area contributed by atoms with Crippen molar-refractivity contribution >= 4 is 10.8 Å². The van der Waals surface area contributed by atoms with Crippen LogP contribution >= 0.6 is 0 Å². The molecule has 0 aliphatic heterocycles. The fraction of sp³-hybridized carbons (Fsp3) is 0.200. The molecule has 2 rings (SSSR count). The highest BCUT2D eigenvalue weighted by atomic mass is 16.3. The molecule has 0 heterocycles. The van der Waals surface area contributed by atoms with E-state index in [1.165, 1.54) is 5.57 Å². The molecule has 2 aromatic rings. The Morgan fingerprint density at radius 2 is 1.76 bits per heavy atom. The van der Waals surface area contributed by atoms with Crippen molar-refractivity contribution < 1.29 is 10.2 Å². The first-order chi connectivity index (χ1) is 8.09. The molecule has 0 fully saturated rings. The van der Waals surface area contributed by atoms with E-state index in [1.54, 1.807) is 6.07 Å². The molecular weight excluding hydrogens is 212 g/mol. The fourth-order valence-electron chi connectivity index (χ4n) is 1.90. The summed E-state index contributed by atoms with van der Waals surface area (Å²) in [6.45, 7) is 4.09. The number of phenolic OH excluding ortho intramolecular Hbond substituents is 2. The SMILES string of the molecule is CC(C)=CCc1cc(O)c(O)c2ccccc12. The second-order valence-corrected chi connectivity index (χ2v) is 4.43. The van der Waals surface area contributed by atoms with Gasteiger partial charge in [0.25, 0.3) is 0 Å². The lowest BCUT2D eigenvalue weighted by Crippen LogP contribution is -1.86. The summed E-state index contributed by atoms with van der Waals surface area (Å²) in [5.41, 5.74) is 2.26. The van der Waals surface area contributed by atoms with Crippen molar-refractivity contribution in [1.82, 2.24) is 0 Å². The highest BCUT2D eigenvalue weighted by Crippen LogP contribution is 2.36. The van der Waals surface area contributed by atoms with Crippen molar-refractivity contribution in [3.8, 4) is 11.5 Å². The number of fused-ring (bicyclic) bond motifs is 1. The van der Waals surface area contributed by atoms with Gasteiger partial charge in [-0.3, -0.25) is 0 Å². The third kappa shape index (κ3) is 2.26. The normalized spacial score (nSPS) is 10.5. The molecule has 2 N–H and O–H groups in total. The van der Waals surface area contributed by atoms with Crippen molar-refractivity contribution in [1.29, 1.82) is 0 Å². The summed E-state index contributed by atoms with van der Waals surface area (Å²) in [5.74, 6) is -0.0950. The van der Waals surface area contributed by atoms with Crippen LogP contribution in [0.15, 0.2) is 42.0 Å². The van der Waals surface area contributed by atoms with E-state index in [0.29, 0.717) is 5.39 Å². The zero-order valence-corrected chi connectivity index (χ0v) is 10.1. The van der Waals surface area contributed by atoms with E-state index in [2.05, 4.69) is 6.08 Å². The molecule has 0 bridgehead atoms. The zero-order valence-electron chi connectivity index (χ0n) is 10.1. The second kappa shape index (κ2) is 4.50. The van der Waals surface area contributed by atoms with Gasteiger partial charge in [0.1, 0.15) is 0 Å². The van der Waals surface area contributed by atoms with Crippen molar-refractivity contribution in [2.45, 2.75) is 20.3 Å². The lowest BCUT2D eigenvalue weighted by atomic mass is 10.00. The van der Waals surface area contributed by atoms with Gasteiger partial charge in [0.15, 0.2) is 11.5 Å². The minimum atomic E-state index is -0.0548. The van der Waals surface area contributed by atoms with Crippen LogP contribution in [0.3, 0.4) is 0 Å². The first-order valence-corrected chi connectivity index (χ1v) is 5.65. The molecule has 0 unspecified atom stereocenters. The molecule has 0 aliphatic carbocycles. The number of benzene rings is 2. The van der Waals surface area contributed by atoms with Crippen LogP contribution in [0.25, 0.3) is 10.8 Å². The standard InChI is InChI=1S/C15H16O2/c1-10(2)7-8-11-9-14(16)15(17)13-6-4-3-5-12(11)13/h3-7,9,16-17H,8H2,1-2H3. The third-order valence-corrected chi connectivity index (χ3v) is 2.81. The van der Waals surface area contributed by atoms with Gasteiger partial charge in [0.05, 0.1) is 0 Å². The van der Waals surface area contributed by atoms with Crippen molar-refractivity contribution in [3.63, 3.8) is 0 Å². The third-order valence-electron chi connectivity index (χ3n) is 2.81. The summed E-state index contributed by atoms with van der Waals surface area (Å²) in [5, 5.41) is 21.2. The molecule has 0 saturated carbocycles. The maximum atomic E-state index is 9.79. The van der Waals surface area contributed by atoms with Gasteiger partial charge in [-0.2, -0.15) is 0 Å². The largest absolute Gasteiger partial charge is 0.504 e. The monoisotopic (exact) mass is 228 g/mol. The van der Waals surface area contributed by atoms with Gasteiger partial charge >= 0.3 is 0 Å². The van der Waals surface area contributed by atoms with Crippen molar-refractivity contribution in [3.05, 3.63) is 47.5 Å². The molecule has 0 atom stereocenters. The van der Waals surface area contributed by atoms with E-state index < -0.39 is 0 Å². The van der Waals surface area contributed by atoms with Crippen LogP contribution in [0.1, 0.15) is 19.4 Å². The van der Waals surface area contributed by atoms with E-state index in [9.17, 15) is 10.2 Å². The van der Waals surface area contributed by atoms with Crippen molar-refractivity contribution in [2.24, 2.45) is 0 Å². The Morgan fingerprint density at radius 1 is 1.12 bits per heavy atom. The first-order valence-electron chi connectivity index (χ1n) is 5.65. The Bertz CT molecular complexity index is 579. The van der Waals surface area contributed by atoms with E-state index in [1.807, 2.05) is 38.1 Å². The number of phenols is 2. The van der Waals surface area contributed by atoms with Gasteiger partial charge in [-0.1, -0.05) is 35.9 Å². The number of rotatable bonds is 2. The quantitative estimate of drug-likeness (QED) is 0.607. The zero-order chi connectivity index (χ0) is 12.4. The molecule has 17 heavy (non-hydrogen) atoms. The molecule has 0 spiro atoms. The molecule has 2 nitrogen and oxygen atoms in total. The summed E-state index contributed by atoms with van der Waals surface area (Å²) in [6, 6.07) is 9.20. The summed E-state index contributed by atoms with van der Waals surface area (Å²) in [4.78, 5) is 0. The summed E-state index contributed by atoms with van der Waals surface area (Å²) < 4.78 is 0. The predicted molar refractivity (Wildman–Crippen MR) is 70.4 cm³/mol. The molecule has 2 aromatic carbocycles. The smallest absolute Gasteiger partial charge is 0.165 e. The van der Waals surface area contributed by atoms with E-state index >= 15 is 0 Å². The Morgan fingerprint density at radius 3 is 2.41 bits per heavy atom. The van der Waals surface area contributed by atoms with Crippen molar-refractivity contribution in [2.75, 3.05) is 0 Å². The molecular formula is C15H16O2. The highest BCUT2D eigenvalue weighted by molar-refractivity contribution is 5.93. The minimum Gasteiger partial charge on any atom is -0.504 e. The lowest BCUT2D eigenvalue weighted by Gasteiger charge is -2.08.